The highest BCUT2D eigenvalue weighted by Gasteiger charge is 2.36. The second kappa shape index (κ2) is 9.92. The van der Waals surface area contributed by atoms with Crippen molar-refractivity contribution in [3.05, 3.63) is 0 Å². The van der Waals surface area contributed by atoms with E-state index in [1.807, 2.05) is 0 Å². The molecule has 0 aromatic heterocycles. The van der Waals surface area contributed by atoms with Gasteiger partial charge in [0.1, 0.15) is 5.79 Å². The van der Waals surface area contributed by atoms with Crippen LogP contribution in [-0.2, 0) is 0 Å². The highest BCUT2D eigenvalue weighted by atomic mass is 28.1. The van der Waals surface area contributed by atoms with Gasteiger partial charge in [-0.3, -0.25) is 14.7 Å². The van der Waals surface area contributed by atoms with E-state index in [1.165, 1.54) is 61.2 Å². The summed E-state index contributed by atoms with van der Waals surface area (Å²) in [4.78, 5) is 7.03. The van der Waals surface area contributed by atoms with Gasteiger partial charge in [-0.25, -0.2) is 0 Å². The van der Waals surface area contributed by atoms with Crippen molar-refractivity contribution in [3.63, 3.8) is 0 Å². The normalized spacial score (nSPS) is 13.1. The van der Waals surface area contributed by atoms with E-state index >= 15 is 0 Å². The summed E-state index contributed by atoms with van der Waals surface area (Å²) in [5, 5.41) is 0. The minimum Gasteiger partial charge on any atom is -0.279 e. The van der Waals surface area contributed by atoms with Crippen LogP contribution < -0.4 is 0 Å². The Balaban J connectivity index is 4.14. The fourth-order valence-corrected chi connectivity index (χ4v) is 3.69. The lowest BCUT2D eigenvalue weighted by Gasteiger charge is -2.50. The molecule has 0 aliphatic carbocycles. The topological polar surface area (TPSA) is 9.72 Å². The first-order valence-electron chi connectivity index (χ1n) is 7.91. The zero-order valence-corrected chi connectivity index (χ0v) is 16.5. The quantitative estimate of drug-likeness (QED) is 0.326. The van der Waals surface area contributed by atoms with Gasteiger partial charge in [0.15, 0.2) is 0 Å². The molecule has 0 radical (unpaired) electrons. The number of nitrogens with zero attached hydrogens (tertiary/aromatic N) is 3. The molecule has 19 heavy (non-hydrogen) atoms. The third kappa shape index (κ3) is 5.94. The molecule has 3 nitrogen and oxygen atoms in total. The standard InChI is InChI=1S/C15H37N3Si/c1-16(2)15(17(3)4,18(5)6)13-11-9-7-8-10-12-14-19/h7-14H2,1-6,19H3. The van der Waals surface area contributed by atoms with Crippen molar-refractivity contribution in [3.8, 4) is 0 Å². The van der Waals surface area contributed by atoms with Crippen LogP contribution in [0.5, 0.6) is 0 Å². The van der Waals surface area contributed by atoms with E-state index in [0.717, 1.165) is 0 Å². The Morgan fingerprint density at radius 3 is 1.37 bits per heavy atom. The van der Waals surface area contributed by atoms with E-state index in [9.17, 15) is 0 Å². The van der Waals surface area contributed by atoms with Crippen LogP contribution in [0.15, 0.2) is 0 Å². The fourth-order valence-electron chi connectivity index (χ4n) is 3.19. The van der Waals surface area contributed by atoms with Gasteiger partial charge >= 0.3 is 0 Å². The van der Waals surface area contributed by atoms with Crippen LogP contribution in [0.4, 0.5) is 0 Å². The summed E-state index contributed by atoms with van der Waals surface area (Å²) in [5.41, 5.74) is 0. The average molecular weight is 288 g/mol. The Morgan fingerprint density at radius 2 is 1.00 bits per heavy atom. The van der Waals surface area contributed by atoms with Crippen LogP contribution >= 0.6 is 0 Å². The molecule has 0 N–H and O–H groups in total. The minimum absolute atomic E-state index is 0.0506. The van der Waals surface area contributed by atoms with Crippen molar-refractivity contribution < 1.29 is 0 Å². The van der Waals surface area contributed by atoms with Crippen molar-refractivity contribution >= 4 is 10.2 Å². The molecule has 0 aromatic carbocycles. The molecule has 0 heterocycles. The third-order valence-electron chi connectivity index (χ3n) is 4.26. The second-order valence-electron chi connectivity index (χ2n) is 6.33. The van der Waals surface area contributed by atoms with Crippen LogP contribution in [0.2, 0.25) is 6.04 Å². The van der Waals surface area contributed by atoms with Crippen LogP contribution in [0.3, 0.4) is 0 Å². The monoisotopic (exact) mass is 287 g/mol. The highest BCUT2D eigenvalue weighted by molar-refractivity contribution is 6.08. The zero-order valence-electron chi connectivity index (χ0n) is 14.5. The van der Waals surface area contributed by atoms with Gasteiger partial charge in [-0.15, -0.1) is 0 Å². The van der Waals surface area contributed by atoms with Gasteiger partial charge in [0.05, 0.1) is 0 Å². The molecule has 0 saturated carbocycles. The molecule has 0 bridgehead atoms. The summed E-state index contributed by atoms with van der Waals surface area (Å²) >= 11 is 0. The van der Waals surface area contributed by atoms with E-state index in [4.69, 9.17) is 0 Å². The van der Waals surface area contributed by atoms with E-state index in [-0.39, 0.29) is 5.79 Å². The van der Waals surface area contributed by atoms with E-state index in [2.05, 4.69) is 57.0 Å². The van der Waals surface area contributed by atoms with Crippen LogP contribution in [0.25, 0.3) is 0 Å². The van der Waals surface area contributed by atoms with Gasteiger partial charge < -0.3 is 0 Å². The third-order valence-corrected chi connectivity index (χ3v) is 4.97. The summed E-state index contributed by atoms with van der Waals surface area (Å²) in [7, 11) is 14.5. The maximum atomic E-state index is 2.34. The minimum atomic E-state index is 0.0506. The Labute approximate surface area is 124 Å². The van der Waals surface area contributed by atoms with Gasteiger partial charge in [-0.1, -0.05) is 38.1 Å². The predicted molar refractivity (Wildman–Crippen MR) is 90.9 cm³/mol. The van der Waals surface area contributed by atoms with Crippen molar-refractivity contribution in [2.75, 3.05) is 42.3 Å². The van der Waals surface area contributed by atoms with E-state index < -0.39 is 0 Å². The summed E-state index contributed by atoms with van der Waals surface area (Å²) < 4.78 is 0. The number of unbranched alkanes of at least 4 members (excludes halogenated alkanes) is 5. The molecule has 0 saturated heterocycles. The van der Waals surface area contributed by atoms with E-state index in [1.54, 1.807) is 0 Å². The van der Waals surface area contributed by atoms with Gasteiger partial charge in [-0.05, 0) is 55.1 Å². The first-order valence-corrected chi connectivity index (χ1v) is 9.33. The number of hydrogen-bond donors (Lipinski definition) is 0. The number of hydrogen-bond acceptors (Lipinski definition) is 3. The van der Waals surface area contributed by atoms with Crippen LogP contribution in [-0.4, -0.2) is 73.0 Å². The molecule has 0 fully saturated rings. The lowest BCUT2D eigenvalue weighted by molar-refractivity contribution is -0.115. The largest absolute Gasteiger partial charge is 0.279 e. The smallest absolute Gasteiger partial charge is 0.129 e. The summed E-state index contributed by atoms with van der Waals surface area (Å²) in [6.45, 7) is 0. The lowest BCUT2D eigenvalue weighted by atomic mass is 10.0. The first-order chi connectivity index (χ1) is 8.89. The molecule has 0 aromatic rings. The molecule has 0 rings (SSSR count). The molecule has 0 amide bonds. The maximum Gasteiger partial charge on any atom is 0.129 e. The molecule has 0 unspecified atom stereocenters. The van der Waals surface area contributed by atoms with Crippen molar-refractivity contribution in [1.82, 2.24) is 14.7 Å². The van der Waals surface area contributed by atoms with Crippen molar-refractivity contribution in [2.45, 2.75) is 56.8 Å². The predicted octanol–water partition coefficient (Wildman–Crippen LogP) is 1.84. The number of rotatable bonds is 11. The molecular formula is C15H37N3Si. The molecule has 0 aliphatic heterocycles. The lowest BCUT2D eigenvalue weighted by Crippen LogP contribution is -2.63. The maximum absolute atomic E-state index is 2.34. The van der Waals surface area contributed by atoms with Gasteiger partial charge in [-0.2, -0.15) is 0 Å². The molecule has 0 spiro atoms. The van der Waals surface area contributed by atoms with Gasteiger partial charge in [0.2, 0.25) is 0 Å². The fraction of sp³-hybridized carbons (Fsp3) is 1.00. The van der Waals surface area contributed by atoms with Gasteiger partial charge in [0.25, 0.3) is 0 Å². The first kappa shape index (κ1) is 19.1. The van der Waals surface area contributed by atoms with Gasteiger partial charge in [0, 0.05) is 10.2 Å². The summed E-state index contributed by atoms with van der Waals surface area (Å²) in [6, 6.07) is 1.48. The molecule has 0 atom stereocenters. The zero-order chi connectivity index (χ0) is 14.9. The SMILES string of the molecule is CN(C)C(CCCCCCCC[SiH3])(N(C)C)N(C)C. The Hall–Kier alpha value is 0.0969. The Bertz CT molecular complexity index is 196. The Morgan fingerprint density at radius 1 is 0.632 bits per heavy atom. The van der Waals surface area contributed by atoms with E-state index in [0.29, 0.717) is 0 Å². The molecule has 4 heteroatoms. The van der Waals surface area contributed by atoms with Crippen molar-refractivity contribution in [1.29, 1.82) is 0 Å². The average Bonchev–Trinajstić information content (AvgIpc) is 2.31. The molecule has 116 valence electrons. The molecule has 0 aliphatic rings. The van der Waals surface area contributed by atoms with Crippen LogP contribution in [0.1, 0.15) is 44.9 Å². The Kier molecular flexibility index (Phi) is 9.97. The highest BCUT2D eigenvalue weighted by Crippen LogP contribution is 2.25. The van der Waals surface area contributed by atoms with Crippen molar-refractivity contribution in [2.24, 2.45) is 0 Å². The summed E-state index contributed by atoms with van der Waals surface area (Å²) in [5.74, 6) is 0.0506. The second-order valence-corrected chi connectivity index (χ2v) is 7.33. The molecular weight excluding hydrogens is 250 g/mol. The summed E-state index contributed by atoms with van der Waals surface area (Å²) in [6.07, 6.45) is 9.65. The van der Waals surface area contributed by atoms with Crippen LogP contribution in [0, 0.1) is 0 Å².